The Hall–Kier alpha value is -4.06. The highest BCUT2D eigenvalue weighted by Gasteiger charge is 2.32. The van der Waals surface area contributed by atoms with Crippen molar-refractivity contribution in [2.24, 2.45) is 0 Å². The van der Waals surface area contributed by atoms with Crippen molar-refractivity contribution in [1.29, 1.82) is 0 Å². The fourth-order valence-electron chi connectivity index (χ4n) is 3.63. The maximum Gasteiger partial charge on any atom is 0.416 e. The first kappa shape index (κ1) is 20.2. The Bertz CT molecular complexity index is 1200. The second-order valence-electron chi connectivity index (χ2n) is 7.07. The zero-order valence-corrected chi connectivity index (χ0v) is 16.9. The van der Waals surface area contributed by atoms with Crippen molar-refractivity contribution in [1.82, 2.24) is 0 Å². The van der Waals surface area contributed by atoms with Gasteiger partial charge in [0, 0.05) is 11.5 Å². The lowest BCUT2D eigenvalue weighted by atomic mass is 10.0. The van der Waals surface area contributed by atoms with Gasteiger partial charge in [0.2, 0.25) is 5.88 Å². The Morgan fingerprint density at radius 2 is 1.61 bits per heavy atom. The van der Waals surface area contributed by atoms with Gasteiger partial charge in [-0.15, -0.1) is 0 Å². The topological polar surface area (TPSA) is 80.0 Å². The third-order valence-electron chi connectivity index (χ3n) is 5.08. The molecule has 0 saturated heterocycles. The number of fused-ring (bicyclic) bond motifs is 1. The molecule has 0 aliphatic rings. The molecule has 0 aliphatic carbocycles. The van der Waals surface area contributed by atoms with Crippen LogP contribution in [0.2, 0.25) is 0 Å². The van der Waals surface area contributed by atoms with Crippen LogP contribution in [0.3, 0.4) is 0 Å². The van der Waals surface area contributed by atoms with Crippen LogP contribution in [0, 0.1) is 0 Å². The summed E-state index contributed by atoms with van der Waals surface area (Å²) in [6.07, 6.45) is -0.997. The molecule has 0 radical (unpaired) electrons. The Kier molecular flexibility index (Phi) is 5.71. The number of carboxylic acids is 1. The zero-order valence-electron chi connectivity index (χ0n) is 16.9. The molecule has 1 N–H and O–H groups in total. The number of hydrogen-bond donors (Lipinski definition) is 1. The van der Waals surface area contributed by atoms with Crippen molar-refractivity contribution >= 4 is 28.9 Å². The Balaban J connectivity index is 1.80. The van der Waals surface area contributed by atoms with E-state index < -0.39 is 18.1 Å². The molecule has 1 amide bonds. The van der Waals surface area contributed by atoms with E-state index in [4.69, 9.17) is 9.15 Å². The van der Waals surface area contributed by atoms with Crippen LogP contribution in [0.4, 0.5) is 10.7 Å². The Morgan fingerprint density at radius 3 is 2.26 bits per heavy atom. The Labute approximate surface area is 179 Å². The molecule has 1 heterocycles. The Morgan fingerprint density at radius 1 is 0.935 bits per heavy atom. The molecule has 3 aromatic carbocycles. The van der Waals surface area contributed by atoms with Gasteiger partial charge >= 0.3 is 12.1 Å². The van der Waals surface area contributed by atoms with Gasteiger partial charge in [-0.2, -0.15) is 0 Å². The number of anilines is 1. The number of methoxy groups -OCH3 is 1. The highest BCUT2D eigenvalue weighted by molar-refractivity contribution is 5.93. The van der Waals surface area contributed by atoms with Crippen molar-refractivity contribution in [2.45, 2.75) is 12.5 Å². The molecule has 1 unspecified atom stereocenters. The van der Waals surface area contributed by atoms with E-state index in [1.165, 1.54) is 12.0 Å². The van der Waals surface area contributed by atoms with Gasteiger partial charge in [-0.3, -0.25) is 4.79 Å². The van der Waals surface area contributed by atoms with Crippen LogP contribution in [-0.4, -0.2) is 24.3 Å². The smallest absolute Gasteiger partial charge is 0.416 e. The van der Waals surface area contributed by atoms with Crippen molar-refractivity contribution in [2.75, 3.05) is 12.0 Å². The fraction of sp³-hybridized carbons (Fsp3) is 0.120. The van der Waals surface area contributed by atoms with Gasteiger partial charge in [-0.25, -0.2) is 9.69 Å². The van der Waals surface area contributed by atoms with E-state index >= 15 is 0 Å². The van der Waals surface area contributed by atoms with Gasteiger partial charge in [0.05, 0.1) is 19.6 Å². The second-order valence-corrected chi connectivity index (χ2v) is 7.07. The molecule has 0 fully saturated rings. The summed E-state index contributed by atoms with van der Waals surface area (Å²) in [4.78, 5) is 25.6. The molecule has 6 nitrogen and oxygen atoms in total. The van der Waals surface area contributed by atoms with Crippen molar-refractivity contribution in [3.05, 3.63) is 90.5 Å². The lowest BCUT2D eigenvalue weighted by Gasteiger charge is -2.27. The number of furan rings is 1. The third kappa shape index (κ3) is 4.28. The molecule has 31 heavy (non-hydrogen) atoms. The predicted octanol–water partition coefficient (Wildman–Crippen LogP) is 5.89. The number of rotatable bonds is 6. The average Bonchev–Trinajstić information content (AvgIpc) is 3.22. The maximum absolute atomic E-state index is 12.7. The first-order valence-electron chi connectivity index (χ1n) is 9.80. The van der Waals surface area contributed by atoms with Gasteiger partial charge in [0.15, 0.2) is 0 Å². The zero-order chi connectivity index (χ0) is 21.8. The summed E-state index contributed by atoms with van der Waals surface area (Å²) in [5.41, 5.74) is 3.33. The summed E-state index contributed by atoms with van der Waals surface area (Å²) < 4.78 is 10.9. The van der Waals surface area contributed by atoms with Crippen LogP contribution in [0.15, 0.2) is 89.3 Å². The fourth-order valence-corrected chi connectivity index (χ4v) is 3.63. The number of carbonyl (C=O) groups is 2. The minimum absolute atomic E-state index is 0.224. The molecule has 0 saturated carbocycles. The second kappa shape index (κ2) is 8.75. The largest absolute Gasteiger partial charge is 0.481 e. The van der Waals surface area contributed by atoms with Crippen molar-refractivity contribution in [3.8, 4) is 11.1 Å². The first-order chi connectivity index (χ1) is 15.1. The summed E-state index contributed by atoms with van der Waals surface area (Å²) >= 11 is 0. The quantitative estimate of drug-likeness (QED) is 0.425. The summed E-state index contributed by atoms with van der Waals surface area (Å²) in [5.74, 6) is -0.813. The van der Waals surface area contributed by atoms with E-state index in [9.17, 15) is 14.7 Å². The number of carboxylic acid groups (broad SMARTS) is 1. The minimum Gasteiger partial charge on any atom is -0.481 e. The molecule has 1 aromatic heterocycles. The maximum atomic E-state index is 12.7. The molecule has 6 heteroatoms. The number of aliphatic carboxylic acids is 1. The molecular weight excluding hydrogens is 394 g/mol. The summed E-state index contributed by atoms with van der Waals surface area (Å²) in [6, 6.07) is 25.6. The lowest BCUT2D eigenvalue weighted by molar-refractivity contribution is -0.137. The summed E-state index contributed by atoms with van der Waals surface area (Å²) in [7, 11) is 1.26. The SMILES string of the molecule is COC(=O)N(c1cc2cc(-c3ccccc3)ccc2o1)C(CC(=O)O)c1ccccc1. The van der Waals surface area contributed by atoms with Gasteiger partial charge in [-0.1, -0.05) is 66.7 Å². The molecule has 156 valence electrons. The summed E-state index contributed by atoms with van der Waals surface area (Å²) in [5, 5.41) is 10.3. The molecule has 4 aromatic rings. The van der Waals surface area contributed by atoms with Crippen LogP contribution in [-0.2, 0) is 9.53 Å². The number of carbonyl (C=O) groups excluding carboxylic acids is 1. The van der Waals surface area contributed by atoms with E-state index in [0.717, 1.165) is 16.5 Å². The van der Waals surface area contributed by atoms with Crippen molar-refractivity contribution < 1.29 is 23.8 Å². The van der Waals surface area contributed by atoms with Crippen LogP contribution in [0.1, 0.15) is 18.0 Å². The third-order valence-corrected chi connectivity index (χ3v) is 5.08. The van der Waals surface area contributed by atoms with E-state index in [-0.39, 0.29) is 12.3 Å². The molecule has 0 spiro atoms. The van der Waals surface area contributed by atoms with Gasteiger partial charge in [0.1, 0.15) is 5.58 Å². The van der Waals surface area contributed by atoms with Crippen LogP contribution >= 0.6 is 0 Å². The van der Waals surface area contributed by atoms with E-state index in [1.54, 1.807) is 30.3 Å². The number of benzene rings is 3. The van der Waals surface area contributed by atoms with E-state index in [0.29, 0.717) is 11.1 Å². The van der Waals surface area contributed by atoms with E-state index in [2.05, 4.69) is 0 Å². The molecule has 4 rings (SSSR count). The van der Waals surface area contributed by atoms with Crippen molar-refractivity contribution in [3.63, 3.8) is 0 Å². The standard InChI is InChI=1S/C25H21NO5/c1-30-25(29)26(21(16-24(27)28)18-10-6-3-7-11-18)23-15-20-14-19(12-13-22(20)31-23)17-8-4-2-5-9-17/h2-15,21H,16H2,1H3,(H,27,28). The molecule has 0 bridgehead atoms. The van der Waals surface area contributed by atoms with Gasteiger partial charge in [-0.05, 0) is 28.8 Å². The molecule has 1 atom stereocenters. The lowest BCUT2D eigenvalue weighted by Crippen LogP contribution is -2.36. The number of hydrogen-bond acceptors (Lipinski definition) is 4. The number of amides is 1. The average molecular weight is 415 g/mol. The highest BCUT2D eigenvalue weighted by atomic mass is 16.5. The summed E-state index contributed by atoms with van der Waals surface area (Å²) in [6.45, 7) is 0. The number of ether oxygens (including phenoxy) is 1. The van der Waals surface area contributed by atoms with E-state index in [1.807, 2.05) is 54.6 Å². The monoisotopic (exact) mass is 415 g/mol. The van der Waals surface area contributed by atoms with Crippen LogP contribution in [0.25, 0.3) is 22.1 Å². The van der Waals surface area contributed by atoms with Gasteiger partial charge in [0.25, 0.3) is 0 Å². The number of nitrogens with zero attached hydrogens (tertiary/aromatic N) is 1. The molecule has 0 aliphatic heterocycles. The predicted molar refractivity (Wildman–Crippen MR) is 118 cm³/mol. The van der Waals surface area contributed by atoms with Gasteiger partial charge < -0.3 is 14.3 Å². The first-order valence-corrected chi connectivity index (χ1v) is 9.80. The van der Waals surface area contributed by atoms with Crippen LogP contribution < -0.4 is 4.90 Å². The molecular formula is C25H21NO5. The van der Waals surface area contributed by atoms with Crippen LogP contribution in [0.5, 0.6) is 0 Å². The normalized spacial score (nSPS) is 11.8. The highest BCUT2D eigenvalue weighted by Crippen LogP contribution is 2.36. The minimum atomic E-state index is -1.04.